The van der Waals surface area contributed by atoms with Crippen LogP contribution in [0.1, 0.15) is 18.0 Å². The van der Waals surface area contributed by atoms with E-state index in [2.05, 4.69) is 19.9 Å². The molecule has 126 valence electrons. The largest absolute Gasteiger partial charge is 0.333 e. The van der Waals surface area contributed by atoms with Crippen LogP contribution in [0.2, 0.25) is 0 Å². The first-order valence-electron chi connectivity index (χ1n) is 7.51. The number of aromatic nitrogens is 4. The maximum Gasteiger partial charge on any atom is 0.258 e. The fourth-order valence-corrected chi connectivity index (χ4v) is 3.44. The monoisotopic (exact) mass is 358 g/mol. The second kappa shape index (κ2) is 5.96. The zero-order valence-electron chi connectivity index (χ0n) is 13.0. The van der Waals surface area contributed by atoms with Gasteiger partial charge in [0, 0.05) is 12.1 Å². The number of nitrogens with one attached hydrogen (secondary N) is 2. The molecular formula is C17H12F2N4OS. The van der Waals surface area contributed by atoms with Crippen LogP contribution < -0.4 is 5.56 Å². The average molecular weight is 358 g/mol. The third-order valence-electron chi connectivity index (χ3n) is 3.81. The predicted octanol–water partition coefficient (Wildman–Crippen LogP) is 3.93. The Bertz CT molecular complexity index is 1120. The number of halogens is 2. The smallest absolute Gasteiger partial charge is 0.258 e. The van der Waals surface area contributed by atoms with Crippen LogP contribution in [0.25, 0.3) is 21.9 Å². The summed E-state index contributed by atoms with van der Waals surface area (Å²) in [7, 11) is 0. The van der Waals surface area contributed by atoms with Gasteiger partial charge in [0.05, 0.1) is 27.2 Å². The lowest BCUT2D eigenvalue weighted by atomic mass is 10.2. The average Bonchev–Trinajstić information content (AvgIpc) is 2.96. The number of aromatic amines is 2. The minimum absolute atomic E-state index is 0.207. The topological polar surface area (TPSA) is 74.4 Å². The highest BCUT2D eigenvalue weighted by molar-refractivity contribution is 7.99. The molecule has 4 aromatic rings. The molecule has 0 aliphatic carbocycles. The zero-order valence-corrected chi connectivity index (χ0v) is 13.8. The Balaban J connectivity index is 1.68. The fraction of sp³-hybridized carbons (Fsp3) is 0.118. The molecule has 2 aromatic carbocycles. The molecule has 0 radical (unpaired) electrons. The molecular weight excluding hydrogens is 346 g/mol. The third-order valence-corrected chi connectivity index (χ3v) is 4.80. The summed E-state index contributed by atoms with van der Waals surface area (Å²) in [5.41, 5.74) is 1.16. The molecule has 2 N–H and O–H groups in total. The van der Waals surface area contributed by atoms with Gasteiger partial charge >= 0.3 is 0 Å². The minimum atomic E-state index is -0.941. The van der Waals surface area contributed by atoms with E-state index in [0.717, 1.165) is 12.1 Å². The number of nitrogens with zero attached hydrogens (tertiary/aromatic N) is 2. The van der Waals surface area contributed by atoms with Crippen molar-refractivity contribution in [2.24, 2.45) is 0 Å². The molecule has 4 rings (SSSR count). The first-order valence-corrected chi connectivity index (χ1v) is 8.39. The highest BCUT2D eigenvalue weighted by Gasteiger charge is 2.15. The zero-order chi connectivity index (χ0) is 17.6. The lowest BCUT2D eigenvalue weighted by molar-refractivity contribution is 0.510. The van der Waals surface area contributed by atoms with E-state index in [4.69, 9.17) is 0 Å². The molecule has 0 saturated heterocycles. The number of hydrogen-bond donors (Lipinski definition) is 2. The summed E-state index contributed by atoms with van der Waals surface area (Å²) >= 11 is 1.31. The first-order chi connectivity index (χ1) is 12.0. The number of hydrogen-bond acceptors (Lipinski definition) is 4. The molecule has 2 heterocycles. The number of rotatable bonds is 3. The maximum absolute atomic E-state index is 13.3. The van der Waals surface area contributed by atoms with Crippen LogP contribution in [0.3, 0.4) is 0 Å². The molecule has 8 heteroatoms. The van der Waals surface area contributed by atoms with Gasteiger partial charge in [-0.2, -0.15) is 0 Å². The van der Waals surface area contributed by atoms with Crippen LogP contribution in [0, 0.1) is 11.6 Å². The van der Waals surface area contributed by atoms with Gasteiger partial charge in [0.1, 0.15) is 5.82 Å². The van der Waals surface area contributed by atoms with Crippen molar-refractivity contribution >= 4 is 33.7 Å². The highest BCUT2D eigenvalue weighted by atomic mass is 32.2. The lowest BCUT2D eigenvalue weighted by Crippen LogP contribution is -2.12. The molecule has 0 saturated carbocycles. The lowest BCUT2D eigenvalue weighted by Gasteiger charge is -2.09. The Morgan fingerprint density at radius 3 is 2.64 bits per heavy atom. The minimum Gasteiger partial charge on any atom is -0.333 e. The molecule has 0 fully saturated rings. The van der Waals surface area contributed by atoms with E-state index < -0.39 is 11.6 Å². The van der Waals surface area contributed by atoms with Crippen molar-refractivity contribution in [2.45, 2.75) is 17.3 Å². The molecule has 0 aliphatic rings. The van der Waals surface area contributed by atoms with Crippen LogP contribution in [-0.4, -0.2) is 19.9 Å². The van der Waals surface area contributed by atoms with Gasteiger partial charge in [-0.1, -0.05) is 23.9 Å². The van der Waals surface area contributed by atoms with Gasteiger partial charge in [-0.15, -0.1) is 0 Å². The van der Waals surface area contributed by atoms with E-state index in [1.165, 1.54) is 11.8 Å². The quantitative estimate of drug-likeness (QED) is 0.544. The van der Waals surface area contributed by atoms with Crippen LogP contribution in [0.4, 0.5) is 8.78 Å². The standard InChI is InChI=1S/C17H12F2N4OS/c1-8(15-20-12-5-3-2-4-9(12)16(24)23-15)25-17-21-13-6-10(18)11(19)7-14(13)22-17/h2-8H,1H3,(H,21,22)(H,20,23,24). The maximum atomic E-state index is 13.3. The number of H-pyrrole nitrogens is 2. The number of thioether (sulfide) groups is 1. The van der Waals surface area contributed by atoms with Gasteiger partial charge in [0.2, 0.25) is 0 Å². The van der Waals surface area contributed by atoms with E-state index in [-0.39, 0.29) is 10.8 Å². The third kappa shape index (κ3) is 2.89. The summed E-state index contributed by atoms with van der Waals surface area (Å²) in [6.45, 7) is 1.87. The van der Waals surface area contributed by atoms with Gasteiger partial charge in [-0.05, 0) is 19.1 Å². The van der Waals surface area contributed by atoms with Crippen molar-refractivity contribution in [1.29, 1.82) is 0 Å². The number of fused-ring (bicyclic) bond motifs is 2. The Morgan fingerprint density at radius 2 is 1.80 bits per heavy atom. The van der Waals surface area contributed by atoms with E-state index in [1.54, 1.807) is 18.2 Å². The molecule has 0 spiro atoms. The number of benzene rings is 2. The molecule has 2 aromatic heterocycles. The molecule has 0 aliphatic heterocycles. The van der Waals surface area contributed by atoms with Crippen molar-refractivity contribution < 1.29 is 8.78 Å². The Hall–Kier alpha value is -2.74. The summed E-state index contributed by atoms with van der Waals surface area (Å²) in [5.74, 6) is -1.36. The number of imidazole rings is 1. The Labute approximate surface area is 144 Å². The molecule has 0 bridgehead atoms. The van der Waals surface area contributed by atoms with Crippen molar-refractivity contribution in [2.75, 3.05) is 0 Å². The Morgan fingerprint density at radius 1 is 1.04 bits per heavy atom. The SMILES string of the molecule is CC(Sc1nc2cc(F)c(F)cc2[nH]1)c1nc2ccccc2c(=O)[nH]1. The fourth-order valence-electron chi connectivity index (χ4n) is 2.56. The van der Waals surface area contributed by atoms with Gasteiger partial charge < -0.3 is 9.97 Å². The molecule has 1 unspecified atom stereocenters. The second-order valence-corrected chi connectivity index (χ2v) is 6.88. The van der Waals surface area contributed by atoms with E-state index in [0.29, 0.717) is 32.9 Å². The van der Waals surface area contributed by atoms with Gasteiger partial charge in [0.25, 0.3) is 5.56 Å². The van der Waals surface area contributed by atoms with Crippen molar-refractivity contribution in [3.63, 3.8) is 0 Å². The highest BCUT2D eigenvalue weighted by Crippen LogP contribution is 2.32. The van der Waals surface area contributed by atoms with Gasteiger partial charge in [-0.25, -0.2) is 18.7 Å². The number of para-hydroxylation sites is 1. The first kappa shape index (κ1) is 15.8. The van der Waals surface area contributed by atoms with E-state index in [9.17, 15) is 13.6 Å². The van der Waals surface area contributed by atoms with Gasteiger partial charge in [0.15, 0.2) is 16.8 Å². The van der Waals surface area contributed by atoms with Crippen molar-refractivity contribution in [3.8, 4) is 0 Å². The normalized spacial score (nSPS) is 12.8. The van der Waals surface area contributed by atoms with Gasteiger partial charge in [-0.3, -0.25) is 4.79 Å². The molecule has 25 heavy (non-hydrogen) atoms. The second-order valence-electron chi connectivity index (χ2n) is 5.55. The molecule has 1 atom stereocenters. The summed E-state index contributed by atoms with van der Waals surface area (Å²) in [6, 6.07) is 9.21. The predicted molar refractivity (Wildman–Crippen MR) is 92.6 cm³/mol. The van der Waals surface area contributed by atoms with Crippen LogP contribution in [-0.2, 0) is 0 Å². The summed E-state index contributed by atoms with van der Waals surface area (Å²) in [4.78, 5) is 26.6. The molecule has 0 amide bonds. The van der Waals surface area contributed by atoms with Crippen molar-refractivity contribution in [3.05, 3.63) is 64.2 Å². The van der Waals surface area contributed by atoms with Crippen LogP contribution in [0.5, 0.6) is 0 Å². The summed E-state index contributed by atoms with van der Waals surface area (Å²) in [5, 5.41) is 0.800. The van der Waals surface area contributed by atoms with E-state index in [1.807, 2.05) is 13.0 Å². The van der Waals surface area contributed by atoms with Crippen LogP contribution in [0.15, 0.2) is 46.3 Å². The summed E-state index contributed by atoms with van der Waals surface area (Å²) in [6.07, 6.45) is 0. The van der Waals surface area contributed by atoms with E-state index >= 15 is 0 Å². The summed E-state index contributed by atoms with van der Waals surface area (Å²) < 4.78 is 26.6. The van der Waals surface area contributed by atoms with Crippen LogP contribution >= 0.6 is 11.8 Å². The van der Waals surface area contributed by atoms with Crippen molar-refractivity contribution in [1.82, 2.24) is 19.9 Å². The Kier molecular flexibility index (Phi) is 3.76. The molecule has 5 nitrogen and oxygen atoms in total.